The van der Waals surface area contributed by atoms with Gasteiger partial charge < -0.3 is 5.11 Å². The summed E-state index contributed by atoms with van der Waals surface area (Å²) in [5, 5.41) is 10.9. The first kappa shape index (κ1) is 19.8. The van der Waals surface area contributed by atoms with E-state index in [1.807, 2.05) is 0 Å². The van der Waals surface area contributed by atoms with Gasteiger partial charge in [0, 0.05) is 5.69 Å². The largest absolute Gasteiger partial charge is 0.372 e. The average Bonchev–Trinajstić information content (AvgIpc) is 2.68. The first-order chi connectivity index (χ1) is 14.4. The Morgan fingerprint density at radius 2 is 1.27 bits per heavy atom. The van der Waals surface area contributed by atoms with Crippen molar-refractivity contribution in [3.8, 4) is 0 Å². The topological polar surface area (TPSA) is 57.6 Å². The third-order valence-electron chi connectivity index (χ3n) is 5.11. The number of hydrogen-bond donors (Lipinski definition) is 1. The predicted molar refractivity (Wildman–Crippen MR) is 103 cm³/mol. The zero-order valence-electron chi connectivity index (χ0n) is 15.5. The second-order valence-electron chi connectivity index (χ2n) is 7.02. The summed E-state index contributed by atoms with van der Waals surface area (Å²) >= 11 is 0. The van der Waals surface area contributed by atoms with Gasteiger partial charge >= 0.3 is 0 Å². The van der Waals surface area contributed by atoms with Crippen LogP contribution in [-0.2, 0) is 9.59 Å². The molecule has 3 atom stereocenters. The molecule has 1 aliphatic heterocycles. The van der Waals surface area contributed by atoms with E-state index >= 15 is 0 Å². The molecule has 1 fully saturated rings. The highest BCUT2D eigenvalue weighted by molar-refractivity contribution is 6.18. The molecule has 1 aliphatic rings. The molecule has 1 N–H and O–H groups in total. The molecule has 30 heavy (non-hydrogen) atoms. The number of carbonyl (C=O) groups excluding carboxylic acids is 2. The maximum atomic E-state index is 13.8. The number of aliphatic hydroxyl groups excluding tert-OH is 1. The van der Waals surface area contributed by atoms with Crippen molar-refractivity contribution in [3.05, 3.63) is 101 Å². The minimum atomic E-state index is -1.70. The number of amides is 1. The van der Waals surface area contributed by atoms with Crippen LogP contribution in [-0.4, -0.2) is 23.0 Å². The lowest BCUT2D eigenvalue weighted by molar-refractivity contribution is -0.137. The number of carbonyl (C=O) groups is 2. The fraction of sp³-hybridized carbons (Fsp3) is 0.130. The van der Waals surface area contributed by atoms with Gasteiger partial charge in [-0.3, -0.25) is 14.5 Å². The Hall–Kier alpha value is -3.45. The molecule has 4 nitrogen and oxygen atoms in total. The minimum Gasteiger partial charge on any atom is -0.372 e. The van der Waals surface area contributed by atoms with Crippen molar-refractivity contribution in [2.75, 3.05) is 4.90 Å². The number of hydrogen-bond acceptors (Lipinski definition) is 3. The molecule has 0 radical (unpaired) electrons. The van der Waals surface area contributed by atoms with Crippen LogP contribution in [0, 0.1) is 17.5 Å². The average molecular weight is 411 g/mol. The highest BCUT2D eigenvalue weighted by atomic mass is 19.1. The zero-order chi connectivity index (χ0) is 21.4. The van der Waals surface area contributed by atoms with Gasteiger partial charge in [-0.15, -0.1) is 0 Å². The van der Waals surface area contributed by atoms with Crippen molar-refractivity contribution in [2.24, 2.45) is 0 Å². The van der Waals surface area contributed by atoms with E-state index in [2.05, 4.69) is 0 Å². The molecule has 3 aromatic carbocycles. The third kappa shape index (κ3) is 3.48. The van der Waals surface area contributed by atoms with Gasteiger partial charge in [0.15, 0.2) is 5.78 Å². The van der Waals surface area contributed by atoms with Crippen LogP contribution in [0.5, 0.6) is 0 Å². The second kappa shape index (κ2) is 7.76. The van der Waals surface area contributed by atoms with E-state index in [0.717, 1.165) is 23.1 Å². The summed E-state index contributed by atoms with van der Waals surface area (Å²) in [5.41, 5.74) is 0.283. The summed E-state index contributed by atoms with van der Waals surface area (Å²) < 4.78 is 41.5. The number of halogens is 3. The highest BCUT2D eigenvalue weighted by Gasteiger charge is 2.49. The number of rotatable bonds is 3. The predicted octanol–water partition coefficient (Wildman–Crippen LogP) is 3.91. The zero-order valence-corrected chi connectivity index (χ0v) is 15.5. The third-order valence-corrected chi connectivity index (χ3v) is 5.11. The summed E-state index contributed by atoms with van der Waals surface area (Å²) in [7, 11) is 0. The van der Waals surface area contributed by atoms with Crippen LogP contribution in [0.1, 0.15) is 23.0 Å². The molecule has 0 spiro atoms. The van der Waals surface area contributed by atoms with E-state index in [4.69, 9.17) is 0 Å². The lowest BCUT2D eigenvalue weighted by Gasteiger charge is -2.40. The fourth-order valence-electron chi connectivity index (χ4n) is 3.80. The van der Waals surface area contributed by atoms with Crippen LogP contribution in [0.3, 0.4) is 0 Å². The molecule has 0 bridgehead atoms. The maximum absolute atomic E-state index is 13.8. The van der Waals surface area contributed by atoms with Crippen LogP contribution in [0.25, 0.3) is 0 Å². The summed E-state index contributed by atoms with van der Waals surface area (Å²) in [6.45, 7) is 0. The maximum Gasteiger partial charge on any atom is 0.244 e. The number of piperidine rings is 1. The molecular weight excluding hydrogens is 395 g/mol. The molecule has 3 aromatic rings. The van der Waals surface area contributed by atoms with Crippen molar-refractivity contribution in [2.45, 2.75) is 18.1 Å². The quantitative estimate of drug-likeness (QED) is 0.665. The molecule has 1 heterocycles. The number of Topliss-reactive ketones (excluding diaryl/α,β-unsaturated/α-hetero) is 1. The summed E-state index contributed by atoms with van der Waals surface area (Å²) in [4.78, 5) is 27.4. The molecule has 152 valence electrons. The van der Waals surface area contributed by atoms with Crippen molar-refractivity contribution in [1.29, 1.82) is 0 Å². The molecule has 1 saturated heterocycles. The standard InChI is InChI=1S/C23H16F3NO3/c24-15-6-1-4-13(10-15)19-21(28)20(14-5-2-7-16(25)11-14)23(30)27(22(19)29)18-9-3-8-17(26)12-18/h1-12,19-20,22,29H/t19?,20?,22-/m0/s1. The Morgan fingerprint density at radius 3 is 1.87 bits per heavy atom. The molecule has 7 heteroatoms. The van der Waals surface area contributed by atoms with E-state index in [1.54, 1.807) is 0 Å². The number of nitrogens with zero attached hydrogens (tertiary/aromatic N) is 1. The van der Waals surface area contributed by atoms with E-state index in [-0.39, 0.29) is 16.8 Å². The van der Waals surface area contributed by atoms with Crippen LogP contribution in [0.4, 0.5) is 18.9 Å². The summed E-state index contributed by atoms with van der Waals surface area (Å²) in [6, 6.07) is 15.1. The van der Waals surface area contributed by atoms with Crippen molar-refractivity contribution in [1.82, 2.24) is 0 Å². The van der Waals surface area contributed by atoms with Gasteiger partial charge in [0.2, 0.25) is 5.91 Å². The van der Waals surface area contributed by atoms with E-state index in [1.165, 1.54) is 54.6 Å². The van der Waals surface area contributed by atoms with Gasteiger partial charge in [-0.05, 0) is 53.6 Å². The fourth-order valence-corrected chi connectivity index (χ4v) is 3.80. The Balaban J connectivity index is 1.88. The molecule has 4 rings (SSSR count). The van der Waals surface area contributed by atoms with Crippen LogP contribution in [0.2, 0.25) is 0 Å². The number of benzene rings is 3. The molecule has 2 unspecified atom stereocenters. The normalized spacial score (nSPS) is 21.7. The summed E-state index contributed by atoms with van der Waals surface area (Å²) in [5.74, 6) is -6.18. The molecule has 0 aliphatic carbocycles. The minimum absolute atomic E-state index is 0.0304. The first-order valence-electron chi connectivity index (χ1n) is 9.18. The van der Waals surface area contributed by atoms with Gasteiger partial charge in [-0.25, -0.2) is 13.2 Å². The highest BCUT2D eigenvalue weighted by Crippen LogP contribution is 2.39. The van der Waals surface area contributed by atoms with Crippen LogP contribution < -0.4 is 4.90 Å². The van der Waals surface area contributed by atoms with Gasteiger partial charge in [-0.2, -0.15) is 0 Å². The molecule has 1 amide bonds. The van der Waals surface area contributed by atoms with Crippen molar-refractivity contribution in [3.63, 3.8) is 0 Å². The number of anilines is 1. The molecular formula is C23H16F3NO3. The smallest absolute Gasteiger partial charge is 0.244 e. The van der Waals surface area contributed by atoms with Crippen molar-refractivity contribution < 1.29 is 27.9 Å². The van der Waals surface area contributed by atoms with Crippen LogP contribution in [0.15, 0.2) is 72.8 Å². The van der Waals surface area contributed by atoms with Gasteiger partial charge in [0.1, 0.15) is 29.6 Å². The molecule has 0 saturated carbocycles. The lowest BCUT2D eigenvalue weighted by atomic mass is 9.78. The van der Waals surface area contributed by atoms with Crippen molar-refractivity contribution >= 4 is 17.4 Å². The van der Waals surface area contributed by atoms with Crippen LogP contribution >= 0.6 is 0 Å². The number of ketones is 1. The molecule has 0 aromatic heterocycles. The Labute approximate surface area is 170 Å². The van der Waals surface area contributed by atoms with E-state index in [0.29, 0.717) is 0 Å². The van der Waals surface area contributed by atoms with E-state index < -0.39 is 47.2 Å². The van der Waals surface area contributed by atoms with Gasteiger partial charge in [-0.1, -0.05) is 30.3 Å². The van der Waals surface area contributed by atoms with Gasteiger partial charge in [0.05, 0.1) is 5.92 Å². The number of aliphatic hydroxyl groups is 1. The first-order valence-corrected chi connectivity index (χ1v) is 9.18. The SMILES string of the molecule is O=C1C(c2cccc(F)c2)C(=O)N(c2cccc(F)c2)[C@@H](O)C1c1cccc(F)c1. The monoisotopic (exact) mass is 411 g/mol. The Kier molecular flexibility index (Phi) is 5.13. The van der Waals surface area contributed by atoms with Gasteiger partial charge in [0.25, 0.3) is 0 Å². The summed E-state index contributed by atoms with van der Waals surface area (Å²) in [6.07, 6.45) is -1.70. The Morgan fingerprint density at radius 1 is 0.733 bits per heavy atom. The Bertz CT molecular complexity index is 1070. The van der Waals surface area contributed by atoms with E-state index in [9.17, 15) is 27.9 Å². The second-order valence-corrected chi connectivity index (χ2v) is 7.02. The lowest BCUT2D eigenvalue weighted by Crippen LogP contribution is -2.55.